The van der Waals surface area contributed by atoms with Crippen molar-refractivity contribution in [2.45, 2.75) is 68.3 Å². The lowest BCUT2D eigenvalue weighted by molar-refractivity contribution is -0.354. The van der Waals surface area contributed by atoms with Gasteiger partial charge < -0.3 is 68.6 Å². The molecule has 0 unspecified atom stereocenters. The molecule has 2 aromatic carbocycles. The number of methoxy groups -OCH3 is 2. The van der Waals surface area contributed by atoms with Gasteiger partial charge in [0.2, 0.25) is 17.5 Å². The number of ether oxygens (including phenoxy) is 6. The Kier molecular flexibility index (Phi) is 9.31. The van der Waals surface area contributed by atoms with Gasteiger partial charge in [0.1, 0.15) is 64.8 Å². The van der Waals surface area contributed by atoms with Gasteiger partial charge in [-0.15, -0.1) is 0 Å². The molecule has 15 nitrogen and oxygen atoms in total. The minimum atomic E-state index is -1.84. The molecule has 0 amide bonds. The molecular weight excluding hydrogens is 588 g/mol. The Morgan fingerprint density at radius 1 is 0.818 bits per heavy atom. The second-order valence-electron chi connectivity index (χ2n) is 10.4. The van der Waals surface area contributed by atoms with Gasteiger partial charge in [0.15, 0.2) is 18.2 Å². The van der Waals surface area contributed by atoms with Crippen molar-refractivity contribution < 1.29 is 68.6 Å². The van der Waals surface area contributed by atoms with Crippen LogP contribution in [0.25, 0.3) is 22.3 Å². The van der Waals surface area contributed by atoms with Crippen LogP contribution in [-0.2, 0) is 14.2 Å². The Labute approximate surface area is 249 Å². The van der Waals surface area contributed by atoms with Crippen LogP contribution in [-0.4, -0.2) is 118 Å². The average molecular weight is 623 g/mol. The first kappa shape index (κ1) is 31.9. The number of fused-ring (bicyclic) bond motifs is 1. The maximum atomic E-state index is 13.9. The molecule has 3 heterocycles. The summed E-state index contributed by atoms with van der Waals surface area (Å²) in [5.41, 5.74) is -0.583. The quantitative estimate of drug-likeness (QED) is 0.163. The number of phenols is 1. The summed E-state index contributed by atoms with van der Waals surface area (Å²) in [5, 5.41) is 72.7. The molecule has 240 valence electrons. The summed E-state index contributed by atoms with van der Waals surface area (Å²) in [7, 11) is 2.84. The van der Waals surface area contributed by atoms with Gasteiger partial charge in [-0.1, -0.05) is 0 Å². The van der Waals surface area contributed by atoms with Crippen molar-refractivity contribution in [1.82, 2.24) is 0 Å². The third-order valence-corrected chi connectivity index (χ3v) is 7.65. The van der Waals surface area contributed by atoms with E-state index in [2.05, 4.69) is 0 Å². The van der Waals surface area contributed by atoms with Gasteiger partial charge in [0, 0.05) is 17.7 Å². The van der Waals surface area contributed by atoms with Crippen LogP contribution in [0, 0.1) is 0 Å². The summed E-state index contributed by atoms with van der Waals surface area (Å²) in [5.74, 6) is -0.427. The SMILES string of the molecule is COc1ccc(-c2oc3cc(OC)cc(O)c3c(=O)c2O[C@@H]2O[C@@H](CO)[C@H](O)[C@H](O)[C@@H]2O[C@@H]2O[C@H](C)[C@H](O)[C@@H](O)[C@@H]2O)cc1. The van der Waals surface area contributed by atoms with Crippen LogP contribution < -0.4 is 19.6 Å². The Morgan fingerprint density at radius 3 is 2.14 bits per heavy atom. The normalized spacial score (nSPS) is 32.4. The predicted molar refractivity (Wildman–Crippen MR) is 148 cm³/mol. The second kappa shape index (κ2) is 12.8. The first-order chi connectivity index (χ1) is 21.0. The van der Waals surface area contributed by atoms with Crippen LogP contribution >= 0.6 is 0 Å². The summed E-state index contributed by atoms with van der Waals surface area (Å²) in [6.07, 6.45) is -16.0. The van der Waals surface area contributed by atoms with E-state index in [0.717, 1.165) is 0 Å². The lowest BCUT2D eigenvalue weighted by Crippen LogP contribution is -2.64. The highest BCUT2D eigenvalue weighted by molar-refractivity contribution is 5.88. The Hall–Kier alpha value is -3.51. The molecule has 15 heteroatoms. The number of hydrogen-bond donors (Lipinski definition) is 7. The van der Waals surface area contributed by atoms with Crippen LogP contribution in [0.2, 0.25) is 0 Å². The summed E-state index contributed by atoms with van der Waals surface area (Å²) in [6.45, 7) is 0.644. The van der Waals surface area contributed by atoms with Crippen LogP contribution in [0.15, 0.2) is 45.6 Å². The molecule has 2 saturated heterocycles. The second-order valence-corrected chi connectivity index (χ2v) is 10.4. The van der Waals surface area contributed by atoms with E-state index in [1.54, 1.807) is 24.3 Å². The lowest BCUT2D eigenvalue weighted by atomic mass is 9.97. The Bertz CT molecular complexity index is 1510. The molecule has 1 aromatic heterocycles. The van der Waals surface area contributed by atoms with Crippen molar-refractivity contribution in [2.75, 3.05) is 20.8 Å². The zero-order valence-corrected chi connectivity index (χ0v) is 23.8. The van der Waals surface area contributed by atoms with Crippen molar-refractivity contribution >= 4 is 11.0 Å². The van der Waals surface area contributed by atoms with Gasteiger partial charge in [-0.25, -0.2) is 0 Å². The third-order valence-electron chi connectivity index (χ3n) is 7.65. The topological polar surface area (TPSA) is 227 Å². The molecule has 2 fully saturated rings. The number of rotatable bonds is 8. The fourth-order valence-corrected chi connectivity index (χ4v) is 5.11. The molecule has 10 atom stereocenters. The number of aliphatic hydroxyl groups is 6. The van der Waals surface area contributed by atoms with Gasteiger partial charge in [0.25, 0.3) is 0 Å². The maximum absolute atomic E-state index is 13.9. The smallest absolute Gasteiger partial charge is 0.239 e. The molecule has 0 saturated carbocycles. The number of benzene rings is 2. The van der Waals surface area contributed by atoms with E-state index < -0.39 is 84.9 Å². The highest BCUT2D eigenvalue weighted by Crippen LogP contribution is 2.38. The van der Waals surface area contributed by atoms with Gasteiger partial charge in [-0.2, -0.15) is 0 Å². The van der Waals surface area contributed by atoms with Crippen molar-refractivity contribution in [2.24, 2.45) is 0 Å². The maximum Gasteiger partial charge on any atom is 0.239 e. The summed E-state index contributed by atoms with van der Waals surface area (Å²) in [6, 6.07) is 8.92. The van der Waals surface area contributed by atoms with Crippen LogP contribution in [0.4, 0.5) is 0 Å². The fraction of sp³-hybridized carbons (Fsp3) is 0.483. The zero-order chi connectivity index (χ0) is 31.9. The van der Waals surface area contributed by atoms with E-state index in [9.17, 15) is 40.5 Å². The van der Waals surface area contributed by atoms with E-state index in [4.69, 9.17) is 32.8 Å². The minimum Gasteiger partial charge on any atom is -0.507 e. The third kappa shape index (κ3) is 5.81. The molecule has 0 bridgehead atoms. The van der Waals surface area contributed by atoms with Gasteiger partial charge >= 0.3 is 0 Å². The molecule has 7 N–H and O–H groups in total. The number of aliphatic hydroxyl groups excluding tert-OH is 6. The van der Waals surface area contributed by atoms with Gasteiger partial charge in [-0.05, 0) is 31.2 Å². The first-order valence-electron chi connectivity index (χ1n) is 13.7. The lowest BCUT2D eigenvalue weighted by Gasteiger charge is -2.45. The Balaban J connectivity index is 1.61. The largest absolute Gasteiger partial charge is 0.507 e. The molecule has 5 rings (SSSR count). The van der Waals surface area contributed by atoms with Crippen LogP contribution in [0.3, 0.4) is 0 Å². The summed E-state index contributed by atoms with van der Waals surface area (Å²) in [4.78, 5) is 13.9. The number of hydrogen-bond acceptors (Lipinski definition) is 15. The Morgan fingerprint density at radius 2 is 1.50 bits per heavy atom. The van der Waals surface area contributed by atoms with Crippen LogP contribution in [0.5, 0.6) is 23.0 Å². The van der Waals surface area contributed by atoms with E-state index >= 15 is 0 Å². The molecule has 0 radical (unpaired) electrons. The predicted octanol–water partition coefficient (Wildman–Crippen LogP) is -0.787. The fourth-order valence-electron chi connectivity index (χ4n) is 5.11. The molecule has 0 spiro atoms. The molecule has 3 aromatic rings. The van der Waals surface area contributed by atoms with E-state index in [1.807, 2.05) is 0 Å². The number of aromatic hydroxyl groups is 1. The van der Waals surface area contributed by atoms with Crippen molar-refractivity contribution in [3.05, 3.63) is 46.6 Å². The van der Waals surface area contributed by atoms with E-state index in [0.29, 0.717) is 11.3 Å². The molecule has 0 aliphatic carbocycles. The van der Waals surface area contributed by atoms with Crippen LogP contribution in [0.1, 0.15) is 6.92 Å². The first-order valence-corrected chi connectivity index (χ1v) is 13.7. The summed E-state index contributed by atoms with van der Waals surface area (Å²) < 4.78 is 39.4. The van der Waals surface area contributed by atoms with Gasteiger partial charge in [0.05, 0.1) is 26.9 Å². The standard InChI is InChI=1S/C29H34O15/c1-11-19(32)22(35)24(37)28(40-11)44-27-23(36)20(33)17(10-30)42-29(27)43-26-21(34)18-15(31)8-14(39-3)9-16(18)41-25(26)12-4-6-13(38-2)7-5-12/h4-9,11,17,19-20,22-24,27-33,35-37H,10H2,1-3H3/t11-,17+,19+,20+,22-,23+,24+,27+,28+,29+/m1/s1. The van der Waals surface area contributed by atoms with Crippen molar-refractivity contribution in [3.63, 3.8) is 0 Å². The van der Waals surface area contributed by atoms with Crippen molar-refractivity contribution in [1.29, 1.82) is 0 Å². The number of phenolic OH excluding ortho intramolecular Hbond substituents is 1. The molecule has 44 heavy (non-hydrogen) atoms. The monoisotopic (exact) mass is 622 g/mol. The molecule has 2 aliphatic heterocycles. The van der Waals surface area contributed by atoms with Crippen molar-refractivity contribution in [3.8, 4) is 34.3 Å². The zero-order valence-electron chi connectivity index (χ0n) is 23.8. The molecular formula is C29H34O15. The summed E-state index contributed by atoms with van der Waals surface area (Å²) >= 11 is 0. The molecule has 2 aliphatic rings. The van der Waals surface area contributed by atoms with E-state index in [-0.39, 0.29) is 22.5 Å². The highest BCUT2D eigenvalue weighted by atomic mass is 16.8. The van der Waals surface area contributed by atoms with Gasteiger partial charge in [-0.3, -0.25) is 4.79 Å². The van der Waals surface area contributed by atoms with E-state index in [1.165, 1.54) is 33.3 Å². The average Bonchev–Trinajstić information content (AvgIpc) is 3.02. The highest BCUT2D eigenvalue weighted by Gasteiger charge is 2.51. The minimum absolute atomic E-state index is 0.0497.